The van der Waals surface area contributed by atoms with E-state index in [2.05, 4.69) is 51.7 Å². The van der Waals surface area contributed by atoms with Gasteiger partial charge in [0.25, 0.3) is 5.91 Å². The summed E-state index contributed by atoms with van der Waals surface area (Å²) in [6.07, 6.45) is 8.87. The Kier molecular flexibility index (Phi) is 8.25. The van der Waals surface area contributed by atoms with Crippen LogP contribution in [-0.2, 0) is 14.5 Å². The number of rotatable bonds is 9. The average molecular weight is 524 g/mol. The number of morpholine rings is 1. The number of ether oxygens (including phenoxy) is 1. The summed E-state index contributed by atoms with van der Waals surface area (Å²) in [6.45, 7) is 7.04. The summed E-state index contributed by atoms with van der Waals surface area (Å²) >= 11 is 0. The van der Waals surface area contributed by atoms with Gasteiger partial charge in [-0.3, -0.25) is 9.78 Å². The van der Waals surface area contributed by atoms with Crippen LogP contribution < -0.4 is 20.9 Å². The minimum atomic E-state index is -2.42. The maximum Gasteiger partial charge on any atom is 0.256 e. The van der Waals surface area contributed by atoms with Gasteiger partial charge in [-0.05, 0) is 24.3 Å². The molecule has 4 rings (SSSR count). The van der Waals surface area contributed by atoms with Crippen LogP contribution in [0.15, 0.2) is 59.9 Å². The fourth-order valence-electron chi connectivity index (χ4n) is 3.48. The van der Waals surface area contributed by atoms with E-state index in [1.54, 1.807) is 6.08 Å². The highest BCUT2D eigenvalue weighted by molar-refractivity contribution is 7.92. The molecule has 0 spiro atoms. The van der Waals surface area contributed by atoms with Gasteiger partial charge in [0.1, 0.15) is 11.4 Å². The molecule has 3 aromatic rings. The number of hydrogen-bond acceptors (Lipinski definition) is 11. The predicted molar refractivity (Wildman–Crippen MR) is 145 cm³/mol. The Hall–Kier alpha value is -4.10. The largest absolute Gasteiger partial charge is 0.378 e. The summed E-state index contributed by atoms with van der Waals surface area (Å²) in [5, 5.41) is 8.90. The van der Waals surface area contributed by atoms with Gasteiger partial charge in [-0.1, -0.05) is 6.08 Å². The second kappa shape index (κ2) is 11.8. The van der Waals surface area contributed by atoms with Crippen LogP contribution in [0.1, 0.15) is 10.4 Å². The maximum atomic E-state index is 12.7. The van der Waals surface area contributed by atoms with Crippen LogP contribution in [-0.4, -0.2) is 75.4 Å². The lowest BCUT2D eigenvalue weighted by Gasteiger charge is -2.28. The highest BCUT2D eigenvalue weighted by Crippen LogP contribution is 2.24. The average Bonchev–Trinajstić information content (AvgIpc) is 2.88. The van der Waals surface area contributed by atoms with Gasteiger partial charge >= 0.3 is 0 Å². The van der Waals surface area contributed by atoms with Crippen molar-refractivity contribution >= 4 is 50.4 Å². The highest BCUT2D eigenvalue weighted by atomic mass is 32.2. The van der Waals surface area contributed by atoms with Crippen molar-refractivity contribution in [3.8, 4) is 0 Å². The van der Waals surface area contributed by atoms with Gasteiger partial charge in [0.05, 0.1) is 25.6 Å². The summed E-state index contributed by atoms with van der Waals surface area (Å²) in [5.74, 6) is 0.584. The Balaban J connectivity index is 1.58. The van der Waals surface area contributed by atoms with E-state index in [-0.39, 0.29) is 41.4 Å². The normalized spacial score (nSPS) is 13.5. The minimum Gasteiger partial charge on any atom is -0.378 e. The molecule has 3 N–H and O–H groups in total. The molecule has 13 heteroatoms. The van der Waals surface area contributed by atoms with Gasteiger partial charge in [0.15, 0.2) is 11.6 Å². The number of carbonyl (C=O) groups is 1. The molecule has 1 aromatic carbocycles. The van der Waals surface area contributed by atoms with Crippen LogP contribution in [0.25, 0.3) is 0 Å². The third-order valence-corrected chi connectivity index (χ3v) is 5.75. The molecule has 2 aromatic heterocycles. The lowest BCUT2D eigenvalue weighted by molar-refractivity contribution is 0.0958. The quantitative estimate of drug-likeness (QED) is 0.358. The van der Waals surface area contributed by atoms with Crippen molar-refractivity contribution in [2.75, 3.05) is 60.9 Å². The number of carbonyl (C=O) groups excluding carboxylic acids is 1. The van der Waals surface area contributed by atoms with Gasteiger partial charge in [-0.25, -0.2) is 14.2 Å². The number of benzene rings is 1. The summed E-state index contributed by atoms with van der Waals surface area (Å²) in [4.78, 5) is 32.2. The monoisotopic (exact) mass is 523 g/mol. The number of hydrogen-bond donors (Lipinski definition) is 3. The first kappa shape index (κ1) is 26.0. The van der Waals surface area contributed by atoms with Crippen molar-refractivity contribution in [1.29, 1.82) is 0 Å². The zero-order valence-corrected chi connectivity index (χ0v) is 21.5. The predicted octanol–water partition coefficient (Wildman–Crippen LogP) is 2.87. The fourth-order valence-corrected chi connectivity index (χ4v) is 4.01. The van der Waals surface area contributed by atoms with Crippen molar-refractivity contribution in [2.24, 2.45) is 4.36 Å². The van der Waals surface area contributed by atoms with Crippen molar-refractivity contribution in [3.05, 3.63) is 61.1 Å². The van der Waals surface area contributed by atoms with E-state index in [4.69, 9.17) is 4.74 Å². The second-order valence-corrected chi connectivity index (χ2v) is 10.9. The van der Waals surface area contributed by atoms with E-state index >= 15 is 0 Å². The van der Waals surface area contributed by atoms with Crippen LogP contribution >= 0.6 is 0 Å². The molecule has 1 aliphatic heterocycles. The first-order valence-electron chi connectivity index (χ1n) is 11.5. The molecule has 0 radical (unpaired) electrons. The van der Waals surface area contributed by atoms with E-state index in [1.165, 1.54) is 31.1 Å². The zero-order valence-electron chi connectivity index (χ0n) is 20.7. The summed E-state index contributed by atoms with van der Waals surface area (Å²) in [6, 6.07) is 7.92. The van der Waals surface area contributed by atoms with Gasteiger partial charge < -0.3 is 25.6 Å². The molecule has 0 bridgehead atoms. The maximum absolute atomic E-state index is 12.7. The molecule has 1 saturated heterocycles. The van der Waals surface area contributed by atoms with Crippen molar-refractivity contribution in [3.63, 3.8) is 0 Å². The Morgan fingerprint density at radius 3 is 2.59 bits per heavy atom. The van der Waals surface area contributed by atoms with Crippen molar-refractivity contribution in [1.82, 2.24) is 25.3 Å². The SMILES string of the molecule is C=CCNC(=O)c1cnc(Nc2ccc(N3CCOCC3)cc2)nc1Nc1cncc(N=S(C)(C)=O)n1. The van der Waals surface area contributed by atoms with Crippen LogP contribution in [0.4, 0.5) is 34.8 Å². The summed E-state index contributed by atoms with van der Waals surface area (Å²) < 4.78 is 21.5. The van der Waals surface area contributed by atoms with Crippen LogP contribution in [0.3, 0.4) is 0 Å². The van der Waals surface area contributed by atoms with E-state index in [0.717, 1.165) is 24.5 Å². The van der Waals surface area contributed by atoms with E-state index in [1.807, 2.05) is 24.3 Å². The zero-order chi connectivity index (χ0) is 26.3. The highest BCUT2D eigenvalue weighted by Gasteiger charge is 2.16. The van der Waals surface area contributed by atoms with Crippen molar-refractivity contribution < 1.29 is 13.7 Å². The molecule has 37 heavy (non-hydrogen) atoms. The number of nitrogens with one attached hydrogen (secondary N) is 3. The first-order valence-corrected chi connectivity index (χ1v) is 13.9. The summed E-state index contributed by atoms with van der Waals surface area (Å²) in [7, 11) is -2.42. The van der Waals surface area contributed by atoms with Gasteiger partial charge in [-0.15, -0.1) is 6.58 Å². The lowest BCUT2D eigenvalue weighted by atomic mass is 10.2. The van der Waals surface area contributed by atoms with E-state index in [0.29, 0.717) is 13.2 Å². The minimum absolute atomic E-state index is 0.199. The Morgan fingerprint density at radius 2 is 1.89 bits per heavy atom. The molecule has 194 valence electrons. The van der Waals surface area contributed by atoms with Crippen LogP contribution in [0.5, 0.6) is 0 Å². The molecule has 0 aliphatic carbocycles. The topological polar surface area (TPSA) is 147 Å². The number of anilines is 5. The number of aromatic nitrogens is 4. The first-order chi connectivity index (χ1) is 17.8. The molecule has 0 atom stereocenters. The number of nitrogens with zero attached hydrogens (tertiary/aromatic N) is 6. The molecule has 1 amide bonds. The molecule has 0 unspecified atom stereocenters. The Bertz CT molecular complexity index is 1370. The van der Waals surface area contributed by atoms with Crippen LogP contribution in [0, 0.1) is 0 Å². The standard InChI is InChI=1S/C24H29N9O3S/c1-4-9-26-23(34)19-14-27-24(28-17-5-7-18(8-6-17)33-10-12-36-13-11-33)31-22(19)30-20-15-25-16-21(29-20)32-37(2,3)35/h4-8,14-16H,1,9-13H2,2-3H3,(H,26,34)(H2,27,28,29,30,31). The smallest absolute Gasteiger partial charge is 0.256 e. The third-order valence-electron chi connectivity index (χ3n) is 5.12. The lowest BCUT2D eigenvalue weighted by Crippen LogP contribution is -2.36. The molecular formula is C24H29N9O3S. The summed E-state index contributed by atoms with van der Waals surface area (Å²) in [5.41, 5.74) is 2.10. The van der Waals surface area contributed by atoms with E-state index < -0.39 is 9.73 Å². The van der Waals surface area contributed by atoms with Crippen molar-refractivity contribution in [2.45, 2.75) is 0 Å². The number of amides is 1. The molecule has 0 saturated carbocycles. The Labute approximate surface area is 215 Å². The van der Waals surface area contributed by atoms with E-state index in [9.17, 15) is 9.00 Å². The third kappa shape index (κ3) is 7.44. The fraction of sp³-hybridized carbons (Fsp3) is 0.292. The Morgan fingerprint density at radius 1 is 1.14 bits per heavy atom. The molecular weight excluding hydrogens is 494 g/mol. The molecule has 1 fully saturated rings. The molecule has 3 heterocycles. The van der Waals surface area contributed by atoms with Gasteiger partial charge in [-0.2, -0.15) is 9.35 Å². The molecule has 1 aliphatic rings. The van der Waals surface area contributed by atoms with Gasteiger partial charge in [0.2, 0.25) is 5.95 Å². The van der Waals surface area contributed by atoms with Crippen LogP contribution in [0.2, 0.25) is 0 Å². The van der Waals surface area contributed by atoms with Gasteiger partial charge in [0, 0.05) is 59.4 Å². The second-order valence-electron chi connectivity index (χ2n) is 8.39. The molecule has 12 nitrogen and oxygen atoms in total.